The van der Waals surface area contributed by atoms with Crippen LogP contribution in [-0.4, -0.2) is 169 Å². The number of para-hydroxylation sites is 1. The second-order valence-corrected chi connectivity index (χ2v) is 26.2. The van der Waals surface area contributed by atoms with Gasteiger partial charge < -0.3 is 63.8 Å². The van der Waals surface area contributed by atoms with Gasteiger partial charge in [-0.3, -0.25) is 35.7 Å². The smallest absolute Gasteiger partial charge is 0.417 e. The zero-order valence-corrected chi connectivity index (χ0v) is 57.0. The molecule has 0 spiro atoms. The number of hydrogen-bond acceptors (Lipinski definition) is 20. The molecule has 5 unspecified atom stereocenters. The van der Waals surface area contributed by atoms with Crippen LogP contribution in [-0.2, 0) is 4.74 Å². The highest BCUT2D eigenvalue weighted by molar-refractivity contribution is 6.32. The van der Waals surface area contributed by atoms with Gasteiger partial charge in [0.15, 0.2) is 0 Å². The molecule has 4 N–H and O–H groups in total. The minimum atomic E-state index is -0.574. The lowest BCUT2D eigenvalue weighted by Gasteiger charge is -2.24. The van der Waals surface area contributed by atoms with E-state index in [0.29, 0.717) is 79.7 Å². The Labute approximate surface area is 575 Å². The number of nitrogens with zero attached hydrogens (tertiary/aromatic N) is 7. The molecule has 5 aliphatic rings. The maximum Gasteiger partial charge on any atom is 0.417 e. The average Bonchev–Trinajstić information content (AvgIpc) is 1.93. The molecule has 25 nitrogen and oxygen atoms in total. The molecule has 5 saturated heterocycles. The van der Waals surface area contributed by atoms with E-state index in [-0.39, 0.29) is 58.7 Å². The maximum atomic E-state index is 12.0. The van der Waals surface area contributed by atoms with Crippen molar-refractivity contribution in [2.45, 2.75) is 89.0 Å². The molecular weight excluding hydrogens is 1340 g/mol. The number of likely N-dealkylation sites (N-methyl/N-ethyl adjacent to an activating group) is 3. The number of anilines is 2. The van der Waals surface area contributed by atoms with Crippen LogP contribution in [0.3, 0.4) is 0 Å². The number of non-ortho nitro benzene ring substituents is 3. The van der Waals surface area contributed by atoms with Gasteiger partial charge in [0.2, 0.25) is 0 Å². The first-order valence-electron chi connectivity index (χ1n) is 30.4. The normalized spacial score (nSPS) is 19.2. The fraction of sp³-hybridized carbons (Fsp3) is 0.415. The van der Waals surface area contributed by atoms with Gasteiger partial charge in [-0.1, -0.05) is 76.2 Å². The molecule has 512 valence electrons. The summed E-state index contributed by atoms with van der Waals surface area (Å²) in [4.78, 5) is 62.8. The Hall–Kier alpha value is -7.85. The van der Waals surface area contributed by atoms with Crippen LogP contribution in [0.2, 0.25) is 25.1 Å². The van der Waals surface area contributed by atoms with Crippen molar-refractivity contribution in [2.24, 2.45) is 0 Å². The molecule has 30 heteroatoms. The van der Waals surface area contributed by atoms with Crippen LogP contribution in [0, 0.1) is 30.3 Å². The highest BCUT2D eigenvalue weighted by atomic mass is 35.5. The van der Waals surface area contributed by atoms with Gasteiger partial charge in [0.25, 0.3) is 17.1 Å². The van der Waals surface area contributed by atoms with Gasteiger partial charge in [0.05, 0.1) is 54.6 Å². The summed E-state index contributed by atoms with van der Waals surface area (Å²) in [6.45, 7) is 13.7. The molecule has 6 aromatic carbocycles. The summed E-state index contributed by atoms with van der Waals surface area (Å²) in [7, 11) is 6.17. The Kier molecular flexibility index (Phi) is 28.1. The van der Waals surface area contributed by atoms with E-state index >= 15 is 0 Å². The Morgan fingerprint density at radius 3 is 1.28 bits per heavy atom. The summed E-state index contributed by atoms with van der Waals surface area (Å²) >= 11 is 29.5. The summed E-state index contributed by atoms with van der Waals surface area (Å²) in [6.07, 6.45) is 3.82. The largest absolute Gasteiger partial charge is 0.489 e. The van der Waals surface area contributed by atoms with Crippen molar-refractivity contribution >= 4 is 98.6 Å². The predicted molar refractivity (Wildman–Crippen MR) is 366 cm³/mol. The number of halogens is 5. The summed E-state index contributed by atoms with van der Waals surface area (Å²) in [5, 5.41) is 39.9. The number of benzene rings is 6. The molecule has 0 radical (unpaired) electrons. The quantitative estimate of drug-likeness (QED) is 0.0489. The van der Waals surface area contributed by atoms with Crippen LogP contribution < -0.4 is 44.8 Å². The molecule has 95 heavy (non-hydrogen) atoms. The van der Waals surface area contributed by atoms with Crippen molar-refractivity contribution in [3.05, 3.63) is 177 Å². The van der Waals surface area contributed by atoms with E-state index in [1.807, 2.05) is 19.2 Å². The van der Waals surface area contributed by atoms with Gasteiger partial charge in [-0.05, 0) is 129 Å². The van der Waals surface area contributed by atoms with Crippen LogP contribution >= 0.6 is 58.0 Å². The summed E-state index contributed by atoms with van der Waals surface area (Å²) in [6, 6.07) is 32.1. The number of nitrogen functional groups attached to an aromatic ring is 1. The van der Waals surface area contributed by atoms with Crippen molar-refractivity contribution in [3.63, 3.8) is 0 Å². The lowest BCUT2D eigenvalue weighted by molar-refractivity contribution is -0.385. The molecule has 6 aromatic rings. The minimum Gasteiger partial charge on any atom is -0.489 e. The zero-order chi connectivity index (χ0) is 68.9. The lowest BCUT2D eigenvalue weighted by Crippen LogP contribution is -2.36. The van der Waals surface area contributed by atoms with E-state index in [1.165, 1.54) is 42.5 Å². The maximum absolute atomic E-state index is 12.0. The number of amides is 2. The van der Waals surface area contributed by atoms with Gasteiger partial charge in [-0.2, -0.15) is 0 Å². The molecule has 5 heterocycles. The fourth-order valence-corrected chi connectivity index (χ4v) is 11.4. The van der Waals surface area contributed by atoms with Gasteiger partial charge in [0.1, 0.15) is 70.6 Å². The zero-order valence-electron chi connectivity index (χ0n) is 53.3. The van der Waals surface area contributed by atoms with Crippen LogP contribution in [0.4, 0.5) is 38.0 Å². The standard InChI is InChI=1S/C18H19ClN2O3.C15H19ClN2O5.C11H13ClN2O3.C11H15ClN2O.C10H11ClN2O3/c1-21-8-7-16(12-21)23-17-10-13(19)9-14(11-17)20-18(22)24-15-5-3-2-4-6-15;1-15(2,3)23-14(19)17-5-4-12(9-17)22-13-7-10(16)6-11(8-13)18(20)21;1-13-3-2-10(7-13)17-11-5-8(12)4-9(6-11)14(15)16;1-14-3-2-10(7-14)15-11-5-8(12)4-9(13)6-11;11-7-3-8(13(14)15)5-10(4-7)16-9-1-2-12-6-9/h2-6,9-11,16H,7-8,12H2,1H3,(H,20,22);6-8,12H,4-5,9H2,1-3H3;4-6,10H,2-3,7H2,1H3;4-6,10H,2-3,7,13H2,1H3;3-5,9,12H,1-2,6H2. The molecule has 5 fully saturated rings. The van der Waals surface area contributed by atoms with Crippen molar-refractivity contribution in [1.82, 2.24) is 24.9 Å². The molecular formula is C65H77Cl5N10O15. The number of likely N-dealkylation sites (tertiary alicyclic amines) is 4. The molecule has 0 aliphatic carbocycles. The molecule has 5 atom stereocenters. The third kappa shape index (κ3) is 26.4. The first-order chi connectivity index (χ1) is 45.0. The minimum absolute atomic E-state index is 0.0427. The van der Waals surface area contributed by atoms with Crippen molar-refractivity contribution in [2.75, 3.05) is 97.6 Å². The Bertz CT molecular complexity index is 3560. The molecule has 11 rings (SSSR count). The van der Waals surface area contributed by atoms with E-state index in [0.717, 1.165) is 83.8 Å². The van der Waals surface area contributed by atoms with Gasteiger partial charge in [-0.15, -0.1) is 0 Å². The number of carbonyl (C=O) groups excluding carboxylic acids is 2. The Morgan fingerprint density at radius 1 is 0.505 bits per heavy atom. The van der Waals surface area contributed by atoms with Crippen LogP contribution in [0.25, 0.3) is 0 Å². The van der Waals surface area contributed by atoms with E-state index in [9.17, 15) is 39.9 Å². The number of nitrogens with two attached hydrogens (primary N) is 1. The second kappa shape index (κ2) is 35.8. The lowest BCUT2D eigenvalue weighted by atomic mass is 10.2. The van der Waals surface area contributed by atoms with E-state index in [2.05, 4.69) is 39.4 Å². The van der Waals surface area contributed by atoms with E-state index in [1.54, 1.807) is 92.4 Å². The van der Waals surface area contributed by atoms with Crippen LogP contribution in [0.5, 0.6) is 34.5 Å². The molecule has 5 aliphatic heterocycles. The van der Waals surface area contributed by atoms with E-state index < -0.39 is 26.5 Å². The van der Waals surface area contributed by atoms with Gasteiger partial charge >= 0.3 is 12.2 Å². The number of ether oxygens (including phenoxy) is 7. The van der Waals surface area contributed by atoms with Crippen LogP contribution in [0.15, 0.2) is 121 Å². The number of hydrogen-bond donors (Lipinski definition) is 3. The molecule has 0 saturated carbocycles. The number of nitrogens with one attached hydrogen (secondary N) is 2. The predicted octanol–water partition coefficient (Wildman–Crippen LogP) is 14.0. The Morgan fingerprint density at radius 2 is 0.895 bits per heavy atom. The van der Waals surface area contributed by atoms with Crippen molar-refractivity contribution in [1.29, 1.82) is 0 Å². The first-order valence-corrected chi connectivity index (χ1v) is 32.3. The summed E-state index contributed by atoms with van der Waals surface area (Å²) in [5.41, 5.74) is 6.09. The van der Waals surface area contributed by atoms with Gasteiger partial charge in [-0.25, -0.2) is 9.59 Å². The van der Waals surface area contributed by atoms with Crippen LogP contribution in [0.1, 0.15) is 52.9 Å². The summed E-state index contributed by atoms with van der Waals surface area (Å²) < 4.78 is 39.3. The Balaban J connectivity index is 0.000000170. The summed E-state index contributed by atoms with van der Waals surface area (Å²) in [5.74, 6) is 3.11. The third-order valence-corrected chi connectivity index (χ3v) is 15.6. The molecule has 0 aromatic heterocycles. The fourth-order valence-electron chi connectivity index (χ4n) is 10.2. The number of nitro benzene ring substituents is 3. The molecule has 0 bridgehead atoms. The topological polar surface area (TPSA) is 291 Å². The van der Waals surface area contributed by atoms with Gasteiger partial charge in [0, 0.05) is 111 Å². The van der Waals surface area contributed by atoms with Crippen molar-refractivity contribution in [3.8, 4) is 34.5 Å². The average molecular weight is 1420 g/mol. The highest BCUT2D eigenvalue weighted by Crippen LogP contribution is 2.33. The number of nitro groups is 3. The third-order valence-electron chi connectivity index (χ3n) is 14.5. The first kappa shape index (κ1) is 74.5. The highest BCUT2D eigenvalue weighted by Gasteiger charge is 2.32. The monoisotopic (exact) mass is 1410 g/mol. The molecule has 2 amide bonds. The second-order valence-electron chi connectivity index (χ2n) is 24.0. The van der Waals surface area contributed by atoms with Crippen molar-refractivity contribution < 1.29 is 57.5 Å². The van der Waals surface area contributed by atoms with E-state index in [4.69, 9.17) is 96.9 Å². The number of rotatable bonds is 15. The number of carbonyl (C=O) groups is 2. The SMILES string of the molecule is CC(C)(C)OC(=O)N1CCC(Oc2cc(Cl)cc([N+](=O)[O-])c2)C1.CN1CCC(Oc2cc(Cl)cc(NC(=O)Oc3ccccc3)c2)C1.CN1CCC(Oc2cc(Cl)cc([N+](=O)[O-])c2)C1.CN1CCC(Oc2cc(N)cc(Cl)c2)C1.O=[N+]([O-])c1cc(Cl)cc(OC2CCNC2)c1.